The van der Waals surface area contributed by atoms with Gasteiger partial charge in [-0.2, -0.15) is 0 Å². The van der Waals surface area contributed by atoms with Crippen molar-refractivity contribution in [3.8, 4) is 0 Å². The maximum absolute atomic E-state index is 11.2. The minimum absolute atomic E-state index is 0.0493. The van der Waals surface area contributed by atoms with Gasteiger partial charge in [-0.25, -0.2) is 8.42 Å². The van der Waals surface area contributed by atoms with Gasteiger partial charge in [-0.05, 0) is 57.3 Å². The Hall–Kier alpha value is 0.390. The molecule has 0 fully saturated rings. The predicted octanol–water partition coefficient (Wildman–Crippen LogP) is 2.78. The molecule has 1 aromatic carbocycles. The first-order chi connectivity index (χ1) is 7.23. The number of nitrogens with one attached hydrogen (secondary N) is 1. The first-order valence-corrected chi connectivity index (χ1v) is 8.40. The summed E-state index contributed by atoms with van der Waals surface area (Å²) >= 11 is 3.84. The molecule has 0 aliphatic carbocycles. The van der Waals surface area contributed by atoms with Crippen LogP contribution in [0, 0.1) is 7.14 Å². The van der Waals surface area contributed by atoms with Gasteiger partial charge in [-0.15, -0.1) is 0 Å². The van der Waals surface area contributed by atoms with Crippen LogP contribution in [0.25, 0.3) is 0 Å². The van der Waals surface area contributed by atoms with Gasteiger partial charge in [-0.1, -0.05) is 0 Å². The van der Waals surface area contributed by atoms with Crippen LogP contribution in [0.2, 0.25) is 0 Å². The summed E-state index contributed by atoms with van der Waals surface area (Å²) in [6, 6.07) is 2.89. The van der Waals surface area contributed by atoms with Gasteiger partial charge in [0.25, 0.3) is 9.05 Å². The molecule has 0 radical (unpaired) electrons. The van der Waals surface area contributed by atoms with E-state index in [-0.39, 0.29) is 10.8 Å². The molecule has 0 aliphatic heterocycles. The third-order valence-corrected chi connectivity index (χ3v) is 6.62. The number of carbonyl (C=O) groups excluding carboxylic acids is 1. The highest BCUT2D eigenvalue weighted by molar-refractivity contribution is 14.1. The quantitative estimate of drug-likeness (QED) is 0.518. The summed E-state index contributed by atoms with van der Waals surface area (Å²) in [5, 5.41) is 2.60. The van der Waals surface area contributed by atoms with Crippen molar-refractivity contribution < 1.29 is 13.2 Å². The zero-order chi connectivity index (χ0) is 12.5. The zero-order valence-corrected chi connectivity index (χ0v) is 13.8. The molecule has 88 valence electrons. The lowest BCUT2D eigenvalue weighted by molar-refractivity contribution is -0.114. The molecule has 0 saturated heterocycles. The monoisotopic (exact) mass is 485 g/mol. The summed E-state index contributed by atoms with van der Waals surface area (Å²) in [6.07, 6.45) is 0. The molecule has 0 saturated carbocycles. The van der Waals surface area contributed by atoms with Crippen LogP contribution in [0.5, 0.6) is 0 Å². The molecule has 16 heavy (non-hydrogen) atoms. The maximum atomic E-state index is 11.2. The number of anilines is 1. The molecule has 0 spiro atoms. The number of hydrogen-bond acceptors (Lipinski definition) is 3. The van der Waals surface area contributed by atoms with Crippen LogP contribution < -0.4 is 5.32 Å². The largest absolute Gasteiger partial charge is 0.325 e. The van der Waals surface area contributed by atoms with Gasteiger partial charge in [0.05, 0.1) is 14.2 Å². The first kappa shape index (κ1) is 14.5. The van der Waals surface area contributed by atoms with Crippen molar-refractivity contribution in [3.05, 3.63) is 19.3 Å². The summed E-state index contributed by atoms with van der Waals surface area (Å²) in [5.41, 5.74) is 0.571. The minimum atomic E-state index is -3.75. The molecular formula is C8H6ClI2NO3S. The molecule has 0 heterocycles. The van der Waals surface area contributed by atoms with Crippen molar-refractivity contribution in [1.29, 1.82) is 0 Å². The summed E-state index contributed by atoms with van der Waals surface area (Å²) in [7, 11) is 1.52. The number of hydrogen-bond donors (Lipinski definition) is 1. The lowest BCUT2D eigenvalue weighted by Crippen LogP contribution is -2.09. The molecule has 0 unspecified atom stereocenters. The molecular weight excluding hydrogens is 479 g/mol. The number of benzene rings is 1. The summed E-state index contributed by atoms with van der Waals surface area (Å²) in [5.74, 6) is -0.213. The number of halogens is 3. The standard InChI is InChI=1S/C8H6ClI2NO3S/c1-4(13)12-5-2-3-6(16(9,14)15)8(11)7(5)10/h2-3H,1H3,(H,12,13). The van der Waals surface area contributed by atoms with Crippen LogP contribution in [0.15, 0.2) is 17.0 Å². The molecule has 0 aliphatic rings. The second-order valence-corrected chi connectivity index (χ2v) is 7.55. The van der Waals surface area contributed by atoms with Gasteiger partial charge in [0.2, 0.25) is 5.91 Å². The molecule has 1 N–H and O–H groups in total. The highest BCUT2D eigenvalue weighted by Gasteiger charge is 2.18. The van der Waals surface area contributed by atoms with E-state index in [2.05, 4.69) is 5.32 Å². The van der Waals surface area contributed by atoms with E-state index in [1.165, 1.54) is 19.1 Å². The highest BCUT2D eigenvalue weighted by atomic mass is 127. The van der Waals surface area contributed by atoms with E-state index in [0.717, 1.165) is 0 Å². The van der Waals surface area contributed by atoms with Crippen LogP contribution in [0.1, 0.15) is 6.92 Å². The summed E-state index contributed by atoms with van der Waals surface area (Å²) in [4.78, 5) is 10.9. The molecule has 0 aromatic heterocycles. The SMILES string of the molecule is CC(=O)Nc1ccc(S(=O)(=O)Cl)c(I)c1I. The van der Waals surface area contributed by atoms with Gasteiger partial charge >= 0.3 is 0 Å². The van der Waals surface area contributed by atoms with E-state index in [4.69, 9.17) is 10.7 Å². The van der Waals surface area contributed by atoms with Crippen molar-refractivity contribution in [2.75, 3.05) is 5.32 Å². The average Bonchev–Trinajstić information content (AvgIpc) is 2.10. The van der Waals surface area contributed by atoms with E-state index in [9.17, 15) is 13.2 Å². The highest BCUT2D eigenvalue weighted by Crippen LogP contribution is 2.31. The van der Waals surface area contributed by atoms with Crippen molar-refractivity contribution in [3.63, 3.8) is 0 Å². The number of rotatable bonds is 2. The fraction of sp³-hybridized carbons (Fsp3) is 0.125. The molecule has 4 nitrogen and oxygen atoms in total. The van der Waals surface area contributed by atoms with Crippen LogP contribution in [-0.4, -0.2) is 14.3 Å². The maximum Gasteiger partial charge on any atom is 0.262 e. The van der Waals surface area contributed by atoms with Crippen LogP contribution in [0.3, 0.4) is 0 Å². The minimum Gasteiger partial charge on any atom is -0.325 e. The Morgan fingerprint density at radius 1 is 1.31 bits per heavy atom. The Bertz CT molecular complexity index is 544. The Balaban J connectivity index is 3.35. The fourth-order valence-corrected chi connectivity index (χ4v) is 4.46. The fourth-order valence-electron chi connectivity index (χ4n) is 1.01. The third kappa shape index (κ3) is 3.44. The zero-order valence-electron chi connectivity index (χ0n) is 7.92. The molecule has 0 bridgehead atoms. The van der Waals surface area contributed by atoms with Crippen molar-refractivity contribution in [1.82, 2.24) is 0 Å². The average molecular weight is 485 g/mol. The van der Waals surface area contributed by atoms with E-state index in [0.29, 0.717) is 12.8 Å². The lowest BCUT2D eigenvalue weighted by Gasteiger charge is -2.09. The third-order valence-electron chi connectivity index (χ3n) is 1.62. The number of amides is 1. The predicted molar refractivity (Wildman–Crippen MR) is 79.2 cm³/mol. The Kier molecular flexibility index (Phi) is 4.84. The smallest absolute Gasteiger partial charge is 0.262 e. The molecule has 1 amide bonds. The molecule has 1 aromatic rings. The topological polar surface area (TPSA) is 63.2 Å². The van der Waals surface area contributed by atoms with E-state index >= 15 is 0 Å². The lowest BCUT2D eigenvalue weighted by atomic mass is 10.3. The van der Waals surface area contributed by atoms with Gasteiger partial charge in [0.15, 0.2) is 0 Å². The first-order valence-electron chi connectivity index (χ1n) is 3.93. The van der Waals surface area contributed by atoms with Gasteiger partial charge in [0.1, 0.15) is 0 Å². The Labute approximate surface area is 125 Å². The second-order valence-electron chi connectivity index (χ2n) is 2.86. The second kappa shape index (κ2) is 5.36. The van der Waals surface area contributed by atoms with E-state index in [1.807, 2.05) is 45.2 Å². The van der Waals surface area contributed by atoms with Crippen LogP contribution in [0.4, 0.5) is 5.69 Å². The van der Waals surface area contributed by atoms with Crippen LogP contribution in [-0.2, 0) is 13.8 Å². The van der Waals surface area contributed by atoms with Crippen molar-refractivity contribution >= 4 is 76.5 Å². The van der Waals surface area contributed by atoms with E-state index in [1.54, 1.807) is 0 Å². The van der Waals surface area contributed by atoms with Gasteiger partial charge < -0.3 is 5.32 Å². The summed E-state index contributed by atoms with van der Waals surface area (Å²) in [6.45, 7) is 1.38. The van der Waals surface area contributed by atoms with Gasteiger partial charge in [0, 0.05) is 21.2 Å². The Morgan fingerprint density at radius 3 is 2.31 bits per heavy atom. The van der Waals surface area contributed by atoms with Crippen LogP contribution >= 0.6 is 55.9 Å². The number of carbonyl (C=O) groups is 1. The van der Waals surface area contributed by atoms with Gasteiger partial charge in [-0.3, -0.25) is 4.79 Å². The van der Waals surface area contributed by atoms with Crippen molar-refractivity contribution in [2.45, 2.75) is 11.8 Å². The molecule has 8 heteroatoms. The molecule has 1 rings (SSSR count). The Morgan fingerprint density at radius 2 is 1.88 bits per heavy atom. The normalized spacial score (nSPS) is 11.2. The van der Waals surface area contributed by atoms with Crippen molar-refractivity contribution in [2.24, 2.45) is 0 Å². The summed E-state index contributed by atoms with van der Waals surface area (Å²) < 4.78 is 23.6. The van der Waals surface area contributed by atoms with E-state index < -0.39 is 9.05 Å². The molecule has 0 atom stereocenters.